The van der Waals surface area contributed by atoms with Crippen molar-refractivity contribution in [1.82, 2.24) is 24.7 Å². The summed E-state index contributed by atoms with van der Waals surface area (Å²) >= 11 is 0. The van der Waals surface area contributed by atoms with Crippen LogP contribution in [0, 0.1) is 26.2 Å². The fraction of sp³-hybridized carbons (Fsp3) is 0.552. The Morgan fingerprint density at radius 3 is 2.54 bits per heavy atom. The number of nitrogens with one attached hydrogen (secondary N) is 1. The zero-order valence-corrected chi connectivity index (χ0v) is 25.3. The molecular weight excluding hydrogens is 544 g/mol. The number of sulfonamides is 1. The maximum atomic E-state index is 12.3. The van der Waals surface area contributed by atoms with Crippen LogP contribution >= 0.6 is 0 Å². The fourth-order valence-electron chi connectivity index (χ4n) is 5.81. The Labute approximate surface area is 242 Å². The van der Waals surface area contributed by atoms with E-state index in [1.165, 1.54) is 0 Å². The van der Waals surface area contributed by atoms with E-state index in [2.05, 4.69) is 15.4 Å². The van der Waals surface area contributed by atoms with Crippen LogP contribution < -0.4 is 15.0 Å². The summed E-state index contributed by atoms with van der Waals surface area (Å²) in [5.41, 5.74) is 4.19. The van der Waals surface area contributed by atoms with Crippen molar-refractivity contribution in [2.75, 3.05) is 57.0 Å². The summed E-state index contributed by atoms with van der Waals surface area (Å²) in [6, 6.07) is 7.58. The number of aryl methyl sites for hydroxylation is 2. The normalized spacial score (nSPS) is 18.0. The largest absolute Gasteiger partial charge is 0.491 e. The first-order chi connectivity index (χ1) is 19.6. The van der Waals surface area contributed by atoms with E-state index in [-0.39, 0.29) is 17.8 Å². The molecule has 0 radical (unpaired) electrons. The molecule has 0 bridgehead atoms. The summed E-state index contributed by atoms with van der Waals surface area (Å²) in [7, 11) is -1.36. The highest BCUT2D eigenvalue weighted by molar-refractivity contribution is 7.89. The Bertz CT molecular complexity index is 1470. The van der Waals surface area contributed by atoms with Crippen LogP contribution in [-0.4, -0.2) is 91.2 Å². The maximum Gasteiger partial charge on any atom is 0.213 e. The summed E-state index contributed by atoms with van der Waals surface area (Å²) in [4.78, 5) is 12.4. The third-order valence-electron chi connectivity index (χ3n) is 8.27. The van der Waals surface area contributed by atoms with Crippen molar-refractivity contribution >= 4 is 15.8 Å². The van der Waals surface area contributed by atoms with Gasteiger partial charge >= 0.3 is 0 Å². The number of hydrogen-bond acceptors (Lipinski definition) is 10. The number of benzene rings is 1. The van der Waals surface area contributed by atoms with E-state index in [0.717, 1.165) is 59.8 Å². The van der Waals surface area contributed by atoms with Crippen molar-refractivity contribution in [2.24, 2.45) is 5.41 Å². The highest BCUT2D eigenvalue weighted by Gasteiger charge is 2.49. The van der Waals surface area contributed by atoms with Crippen LogP contribution in [0.5, 0.6) is 5.75 Å². The van der Waals surface area contributed by atoms with Gasteiger partial charge in [-0.25, -0.2) is 22.7 Å². The predicted molar refractivity (Wildman–Crippen MR) is 158 cm³/mol. The summed E-state index contributed by atoms with van der Waals surface area (Å²) in [6.45, 7) is 10.9. The van der Waals surface area contributed by atoms with Crippen LogP contribution in [0.3, 0.4) is 0 Å². The van der Waals surface area contributed by atoms with E-state index >= 15 is 0 Å². The second kappa shape index (κ2) is 11.7. The number of ether oxygens (including phenoxy) is 1. The third-order valence-corrected chi connectivity index (χ3v) is 10.0. The van der Waals surface area contributed by atoms with Crippen molar-refractivity contribution in [2.45, 2.75) is 46.6 Å². The Balaban J connectivity index is 1.45. The van der Waals surface area contributed by atoms with Crippen LogP contribution in [0.4, 0.5) is 5.82 Å². The summed E-state index contributed by atoms with van der Waals surface area (Å²) < 4.78 is 37.6. The molecule has 0 saturated carbocycles. The van der Waals surface area contributed by atoms with E-state index < -0.39 is 16.1 Å². The molecular formula is C29H40N6O5S. The van der Waals surface area contributed by atoms with Gasteiger partial charge in [0.2, 0.25) is 10.0 Å². The molecule has 222 valence electrons. The lowest BCUT2D eigenvalue weighted by Crippen LogP contribution is -2.62. The minimum Gasteiger partial charge on any atom is -0.491 e. The molecule has 4 heterocycles. The molecule has 0 amide bonds. The first-order valence-corrected chi connectivity index (χ1v) is 15.8. The Hall–Kier alpha value is -3.06. The van der Waals surface area contributed by atoms with Crippen LogP contribution in [0.1, 0.15) is 36.8 Å². The van der Waals surface area contributed by atoms with Gasteiger partial charge in [-0.05, 0) is 59.7 Å². The molecule has 1 unspecified atom stereocenters. The van der Waals surface area contributed by atoms with Crippen LogP contribution in [0.2, 0.25) is 0 Å². The highest BCUT2D eigenvalue weighted by Crippen LogP contribution is 2.44. The van der Waals surface area contributed by atoms with Crippen molar-refractivity contribution in [3.63, 3.8) is 0 Å². The third kappa shape index (κ3) is 5.97. The van der Waals surface area contributed by atoms with E-state index in [4.69, 9.17) is 19.2 Å². The van der Waals surface area contributed by atoms with Gasteiger partial charge < -0.3 is 24.6 Å². The minimum absolute atomic E-state index is 0.0382. The molecule has 1 spiro atoms. The SMILES string of the molecule is CCS(=O)(=O)N1CC2(CCN(c3nc(-c4cccc(OCC(O)CNC)c4)nc(-c4c(C)noc4C)c3C)CC2)C1. The highest BCUT2D eigenvalue weighted by atomic mass is 32.2. The van der Waals surface area contributed by atoms with Gasteiger partial charge in [-0.1, -0.05) is 17.3 Å². The number of likely N-dealkylation sites (N-methyl/N-ethyl adjacent to an activating group) is 1. The lowest BCUT2D eigenvalue weighted by Gasteiger charge is -2.53. The molecule has 1 atom stereocenters. The standard InChI is InChI=1S/C29H40N6O5S/c1-6-41(37,38)35-17-29(18-35)10-12-34(13-11-29)28-19(2)26(25-20(3)33-40-21(25)4)31-27(32-28)22-8-7-9-24(14-22)39-16-23(36)15-30-5/h7-9,14,23,30,36H,6,10-13,15-18H2,1-5H3. The minimum atomic E-state index is -3.14. The van der Waals surface area contributed by atoms with Gasteiger partial charge in [0.05, 0.1) is 22.7 Å². The number of piperidine rings is 1. The molecule has 2 saturated heterocycles. The first-order valence-electron chi connectivity index (χ1n) is 14.2. The molecule has 41 heavy (non-hydrogen) atoms. The predicted octanol–water partition coefficient (Wildman–Crippen LogP) is 2.93. The smallest absolute Gasteiger partial charge is 0.213 e. The van der Waals surface area contributed by atoms with Gasteiger partial charge in [0.25, 0.3) is 0 Å². The molecule has 2 fully saturated rings. The molecule has 1 aromatic carbocycles. The number of anilines is 1. The van der Waals surface area contributed by atoms with Gasteiger partial charge in [0.1, 0.15) is 30.0 Å². The van der Waals surface area contributed by atoms with Crippen LogP contribution in [0.15, 0.2) is 28.8 Å². The van der Waals surface area contributed by atoms with Crippen LogP contribution in [0.25, 0.3) is 22.6 Å². The van der Waals surface area contributed by atoms with Gasteiger partial charge in [0, 0.05) is 49.3 Å². The molecule has 0 aliphatic carbocycles. The molecule has 2 aliphatic rings. The second-order valence-electron chi connectivity index (χ2n) is 11.2. The van der Waals surface area contributed by atoms with Crippen molar-refractivity contribution in [1.29, 1.82) is 0 Å². The van der Waals surface area contributed by atoms with E-state index in [9.17, 15) is 13.5 Å². The summed E-state index contributed by atoms with van der Waals surface area (Å²) in [6.07, 6.45) is 1.19. The van der Waals surface area contributed by atoms with Gasteiger partial charge in [-0.15, -0.1) is 0 Å². The molecule has 5 rings (SSSR count). The molecule has 11 nitrogen and oxygen atoms in total. The number of hydrogen-bond donors (Lipinski definition) is 2. The Morgan fingerprint density at radius 1 is 1.17 bits per heavy atom. The summed E-state index contributed by atoms with van der Waals surface area (Å²) in [5, 5.41) is 17.2. The molecule has 2 N–H and O–H groups in total. The Morgan fingerprint density at radius 2 is 1.90 bits per heavy atom. The van der Waals surface area contributed by atoms with E-state index in [1.807, 2.05) is 45.0 Å². The molecule has 3 aromatic rings. The van der Waals surface area contributed by atoms with Gasteiger partial charge in [-0.3, -0.25) is 0 Å². The van der Waals surface area contributed by atoms with Crippen LogP contribution in [-0.2, 0) is 10.0 Å². The average molecular weight is 585 g/mol. The lowest BCUT2D eigenvalue weighted by molar-refractivity contribution is 0.0437. The Kier molecular flexibility index (Phi) is 8.38. The molecule has 2 aromatic heterocycles. The summed E-state index contributed by atoms with van der Waals surface area (Å²) in [5.74, 6) is 2.88. The topological polar surface area (TPSA) is 134 Å². The number of rotatable bonds is 10. The van der Waals surface area contributed by atoms with E-state index in [1.54, 1.807) is 18.3 Å². The first kappa shape index (κ1) is 29.4. The number of aliphatic hydroxyl groups is 1. The number of nitrogens with zero attached hydrogens (tertiary/aromatic N) is 5. The zero-order chi connectivity index (χ0) is 29.4. The lowest BCUT2D eigenvalue weighted by atomic mass is 9.73. The monoisotopic (exact) mass is 584 g/mol. The molecule has 2 aliphatic heterocycles. The quantitative estimate of drug-likeness (QED) is 0.366. The van der Waals surface area contributed by atoms with Gasteiger partial charge in [0.15, 0.2) is 5.82 Å². The van der Waals surface area contributed by atoms with Crippen molar-refractivity contribution in [3.05, 3.63) is 41.3 Å². The zero-order valence-electron chi connectivity index (χ0n) is 24.5. The van der Waals surface area contributed by atoms with Gasteiger partial charge in [-0.2, -0.15) is 0 Å². The average Bonchev–Trinajstić information content (AvgIpc) is 3.28. The van der Waals surface area contributed by atoms with Crippen molar-refractivity contribution < 1.29 is 22.8 Å². The molecule has 12 heteroatoms. The maximum absolute atomic E-state index is 12.3. The number of aliphatic hydroxyl groups excluding tert-OH is 1. The fourth-order valence-corrected chi connectivity index (χ4v) is 7.11. The second-order valence-corrected chi connectivity index (χ2v) is 13.5. The van der Waals surface area contributed by atoms with E-state index in [0.29, 0.717) is 37.0 Å². The van der Waals surface area contributed by atoms with Crippen molar-refractivity contribution in [3.8, 4) is 28.4 Å². The number of aromatic nitrogens is 3.